The predicted molar refractivity (Wildman–Crippen MR) is 214 cm³/mol. The van der Waals surface area contributed by atoms with E-state index in [1.165, 1.54) is 37.9 Å². The average Bonchev–Trinajstić information content (AvgIpc) is 3.83. The van der Waals surface area contributed by atoms with Gasteiger partial charge in [0, 0.05) is 38.1 Å². The fraction of sp³-hybridized carbons (Fsp3) is 0.0208. The highest BCUT2D eigenvalue weighted by Gasteiger charge is 2.51. The minimum absolute atomic E-state index is 0.602. The van der Waals surface area contributed by atoms with Gasteiger partial charge in [-0.3, -0.25) is 0 Å². The fourth-order valence-electron chi connectivity index (χ4n) is 8.34. The number of para-hydroxylation sites is 1. The summed E-state index contributed by atoms with van der Waals surface area (Å²) in [6, 6.07) is 59.6. The fourth-order valence-corrected chi connectivity index (χ4v) is 9.30. The Labute approximate surface area is 310 Å². The van der Waals surface area contributed by atoms with Crippen LogP contribution in [0.2, 0.25) is 0 Å². The number of rotatable bonds is 4. The first-order valence-corrected chi connectivity index (χ1v) is 18.6. The van der Waals surface area contributed by atoms with Crippen molar-refractivity contribution in [3.8, 4) is 67.9 Å². The molecule has 2 aliphatic rings. The summed E-state index contributed by atoms with van der Waals surface area (Å²) in [5, 5.41) is 3.46. The number of ether oxygens (including phenoxy) is 1. The van der Waals surface area contributed by atoms with Crippen LogP contribution in [0.4, 0.5) is 0 Å². The van der Waals surface area contributed by atoms with Gasteiger partial charge in [0.2, 0.25) is 0 Å². The average molecular weight is 696 g/mol. The number of nitrogens with zero attached hydrogens (tertiary/aromatic N) is 3. The first-order valence-electron chi connectivity index (χ1n) is 17.8. The quantitative estimate of drug-likeness (QED) is 0.184. The Bertz CT molecular complexity index is 2870. The molecule has 0 radical (unpaired) electrons. The number of hydrogen-bond acceptors (Lipinski definition) is 5. The molecule has 1 unspecified atom stereocenters. The molecule has 9 aromatic rings. The summed E-state index contributed by atoms with van der Waals surface area (Å²) < 4.78 is 8.05. The molecular weight excluding hydrogens is 667 g/mol. The third kappa shape index (κ3) is 4.51. The highest BCUT2D eigenvalue weighted by atomic mass is 32.1. The molecule has 1 aliphatic carbocycles. The molecule has 5 heteroatoms. The normalized spacial score (nSPS) is 15.0. The van der Waals surface area contributed by atoms with Crippen LogP contribution in [0.15, 0.2) is 175 Å². The van der Waals surface area contributed by atoms with E-state index in [4.69, 9.17) is 19.7 Å². The topological polar surface area (TPSA) is 47.9 Å². The minimum Gasteiger partial charge on any atom is -0.457 e. The van der Waals surface area contributed by atoms with Crippen molar-refractivity contribution in [3.63, 3.8) is 0 Å². The molecule has 7 aromatic carbocycles. The van der Waals surface area contributed by atoms with Gasteiger partial charge in [-0.05, 0) is 68.9 Å². The van der Waals surface area contributed by atoms with E-state index in [1.54, 1.807) is 11.3 Å². The zero-order valence-electron chi connectivity index (χ0n) is 28.4. The molecule has 0 fully saturated rings. The Kier molecular flexibility index (Phi) is 6.60. The van der Waals surface area contributed by atoms with E-state index in [-0.39, 0.29) is 0 Å². The van der Waals surface area contributed by atoms with Crippen LogP contribution >= 0.6 is 11.3 Å². The zero-order chi connectivity index (χ0) is 34.9. The second-order valence-corrected chi connectivity index (χ2v) is 14.5. The lowest BCUT2D eigenvalue weighted by atomic mass is 9.66. The van der Waals surface area contributed by atoms with Crippen molar-refractivity contribution in [2.75, 3.05) is 0 Å². The molecule has 53 heavy (non-hydrogen) atoms. The van der Waals surface area contributed by atoms with Crippen LogP contribution in [0, 0.1) is 0 Å². The number of benzene rings is 7. The summed E-state index contributed by atoms with van der Waals surface area (Å²) in [7, 11) is 0. The Balaban J connectivity index is 1.14. The molecule has 2 aromatic heterocycles. The van der Waals surface area contributed by atoms with Crippen molar-refractivity contribution in [1.82, 2.24) is 15.0 Å². The molecule has 0 amide bonds. The maximum Gasteiger partial charge on any atom is 0.164 e. The molecule has 11 rings (SSSR count). The number of aromatic nitrogens is 3. The van der Waals surface area contributed by atoms with E-state index in [9.17, 15) is 0 Å². The molecule has 1 aliphatic heterocycles. The lowest BCUT2D eigenvalue weighted by Crippen LogP contribution is -2.32. The Hall–Kier alpha value is -6.69. The highest BCUT2D eigenvalue weighted by molar-refractivity contribution is 7.17. The van der Waals surface area contributed by atoms with Crippen LogP contribution in [-0.4, -0.2) is 15.0 Å². The van der Waals surface area contributed by atoms with Gasteiger partial charge in [-0.2, -0.15) is 0 Å². The van der Waals surface area contributed by atoms with Crippen molar-refractivity contribution in [1.29, 1.82) is 0 Å². The maximum absolute atomic E-state index is 6.74. The highest BCUT2D eigenvalue weighted by Crippen LogP contribution is 2.63. The summed E-state index contributed by atoms with van der Waals surface area (Å²) in [4.78, 5) is 15.3. The number of thiophene rings is 1. The minimum atomic E-state index is -0.602. The van der Waals surface area contributed by atoms with Crippen molar-refractivity contribution in [2.24, 2.45) is 0 Å². The third-order valence-corrected chi connectivity index (χ3v) is 11.6. The van der Waals surface area contributed by atoms with Crippen molar-refractivity contribution in [2.45, 2.75) is 5.41 Å². The molecule has 0 saturated heterocycles. The maximum atomic E-state index is 6.74. The predicted octanol–water partition coefficient (Wildman–Crippen LogP) is 12.2. The molecule has 3 heterocycles. The van der Waals surface area contributed by atoms with E-state index >= 15 is 0 Å². The second-order valence-electron chi connectivity index (χ2n) is 13.5. The third-order valence-electron chi connectivity index (χ3n) is 10.7. The van der Waals surface area contributed by atoms with Gasteiger partial charge in [-0.15, -0.1) is 11.3 Å². The van der Waals surface area contributed by atoms with Gasteiger partial charge in [0.25, 0.3) is 0 Å². The Morgan fingerprint density at radius 1 is 0.415 bits per heavy atom. The standard InChI is InChI=1S/C48H29N3OS/c1-3-11-30(12-4-1)31-19-21-34(22-20-31)46-49-45(33-13-5-2-6-14-33)50-47(51-46)35-24-26-42-40(29-35)48(38-17-9-10-18-41(38)52-42)37-16-8-7-15-36(37)43-39(48)25-23-32-27-28-53-44(32)43/h1-29H. The molecule has 1 spiro atoms. The van der Waals surface area contributed by atoms with Gasteiger partial charge in [-0.25, -0.2) is 15.0 Å². The number of fused-ring (bicyclic) bond motifs is 11. The SMILES string of the molecule is c1ccc(-c2ccc(-c3nc(-c4ccccc4)nc(-c4ccc5c(c4)C4(c6ccccc6O5)c5ccccc5-c5c4ccc4ccsc54)n3)cc2)cc1. The Morgan fingerprint density at radius 3 is 1.75 bits per heavy atom. The van der Waals surface area contributed by atoms with Crippen LogP contribution in [0.25, 0.3) is 66.5 Å². The van der Waals surface area contributed by atoms with Gasteiger partial charge in [0.15, 0.2) is 17.5 Å². The molecule has 0 N–H and O–H groups in total. The first-order chi connectivity index (χ1) is 26.3. The lowest BCUT2D eigenvalue weighted by molar-refractivity contribution is 0.436. The van der Waals surface area contributed by atoms with E-state index < -0.39 is 5.41 Å². The van der Waals surface area contributed by atoms with Crippen LogP contribution in [0.1, 0.15) is 22.3 Å². The van der Waals surface area contributed by atoms with Crippen LogP contribution in [0.5, 0.6) is 11.5 Å². The van der Waals surface area contributed by atoms with Gasteiger partial charge < -0.3 is 4.74 Å². The molecule has 248 valence electrons. The van der Waals surface area contributed by atoms with E-state index in [2.05, 4.69) is 139 Å². The van der Waals surface area contributed by atoms with Crippen molar-refractivity contribution < 1.29 is 4.74 Å². The van der Waals surface area contributed by atoms with Crippen LogP contribution in [-0.2, 0) is 5.41 Å². The monoisotopic (exact) mass is 695 g/mol. The van der Waals surface area contributed by atoms with E-state index in [0.29, 0.717) is 17.5 Å². The summed E-state index contributed by atoms with van der Waals surface area (Å²) in [6.45, 7) is 0. The molecule has 4 nitrogen and oxygen atoms in total. The second kappa shape index (κ2) is 11.7. The van der Waals surface area contributed by atoms with Gasteiger partial charge >= 0.3 is 0 Å². The largest absolute Gasteiger partial charge is 0.457 e. The number of hydrogen-bond donors (Lipinski definition) is 0. The molecule has 1 atom stereocenters. The zero-order valence-corrected chi connectivity index (χ0v) is 29.2. The van der Waals surface area contributed by atoms with Crippen LogP contribution < -0.4 is 4.74 Å². The van der Waals surface area contributed by atoms with E-state index in [1.807, 2.05) is 36.4 Å². The summed E-state index contributed by atoms with van der Waals surface area (Å²) in [5.41, 5.74) is 11.8. The Morgan fingerprint density at radius 2 is 0.981 bits per heavy atom. The first kappa shape index (κ1) is 30.0. The van der Waals surface area contributed by atoms with Crippen molar-refractivity contribution in [3.05, 3.63) is 197 Å². The molecule has 0 bridgehead atoms. The van der Waals surface area contributed by atoms with Gasteiger partial charge in [-0.1, -0.05) is 140 Å². The summed E-state index contributed by atoms with van der Waals surface area (Å²) >= 11 is 1.81. The molecule has 0 saturated carbocycles. The smallest absolute Gasteiger partial charge is 0.164 e. The summed E-state index contributed by atoms with van der Waals surface area (Å²) in [6.07, 6.45) is 0. The van der Waals surface area contributed by atoms with Gasteiger partial charge in [0.1, 0.15) is 11.5 Å². The van der Waals surface area contributed by atoms with E-state index in [0.717, 1.165) is 44.9 Å². The summed E-state index contributed by atoms with van der Waals surface area (Å²) in [5.74, 6) is 3.56. The molecular formula is C48H29N3OS. The lowest BCUT2D eigenvalue weighted by Gasteiger charge is -2.39. The van der Waals surface area contributed by atoms with Gasteiger partial charge in [0.05, 0.1) is 5.41 Å². The van der Waals surface area contributed by atoms with Crippen molar-refractivity contribution >= 4 is 21.4 Å². The van der Waals surface area contributed by atoms with Crippen LogP contribution in [0.3, 0.4) is 0 Å².